The minimum absolute atomic E-state index is 0.134. The number of carboxylic acid groups (broad SMARTS) is 1. The zero-order valence-electron chi connectivity index (χ0n) is 10.3. The lowest BCUT2D eigenvalue weighted by atomic mass is 10.1. The van der Waals surface area contributed by atoms with Gasteiger partial charge in [-0.1, -0.05) is 6.92 Å². The molecule has 0 spiro atoms. The normalized spacial score (nSPS) is 18.5. The Hall–Kier alpha value is -1.30. The van der Waals surface area contributed by atoms with Crippen LogP contribution in [0.15, 0.2) is 0 Å². The van der Waals surface area contributed by atoms with Crippen LogP contribution >= 0.6 is 0 Å². The Labute approximate surface area is 101 Å². The molecule has 1 aliphatic rings. The largest absolute Gasteiger partial charge is 0.480 e. The molecule has 1 heterocycles. The summed E-state index contributed by atoms with van der Waals surface area (Å²) in [6.45, 7) is 3.03. The molecule has 98 valence electrons. The van der Waals surface area contributed by atoms with Gasteiger partial charge in [0.25, 0.3) is 0 Å². The number of amides is 2. The number of hydrogen-bond acceptors (Lipinski definition) is 3. The SMILES string of the molecule is CC[C@H](NC(=O)N(C)C1CCOCC1)C(=O)O. The zero-order chi connectivity index (χ0) is 12.8. The Morgan fingerprint density at radius 3 is 2.53 bits per heavy atom. The van der Waals surface area contributed by atoms with Crippen LogP contribution in [0.3, 0.4) is 0 Å². The topological polar surface area (TPSA) is 78.9 Å². The molecule has 17 heavy (non-hydrogen) atoms. The number of carbonyl (C=O) groups is 2. The van der Waals surface area contributed by atoms with Crippen molar-refractivity contribution in [2.24, 2.45) is 0 Å². The van der Waals surface area contributed by atoms with Crippen molar-refractivity contribution in [1.82, 2.24) is 10.2 Å². The van der Waals surface area contributed by atoms with Gasteiger partial charge >= 0.3 is 12.0 Å². The third-order valence-corrected chi connectivity index (χ3v) is 3.06. The fraction of sp³-hybridized carbons (Fsp3) is 0.818. The molecule has 0 bridgehead atoms. The van der Waals surface area contributed by atoms with E-state index in [1.54, 1.807) is 18.9 Å². The number of urea groups is 1. The second-order valence-electron chi connectivity index (χ2n) is 4.20. The summed E-state index contributed by atoms with van der Waals surface area (Å²) in [5.74, 6) is -0.999. The Kier molecular flexibility index (Phi) is 5.21. The van der Waals surface area contributed by atoms with Gasteiger partial charge in [-0.05, 0) is 19.3 Å². The number of ether oxygens (including phenoxy) is 1. The predicted octanol–water partition coefficient (Wildman–Crippen LogP) is 0.670. The molecule has 1 saturated heterocycles. The third kappa shape index (κ3) is 3.89. The number of rotatable bonds is 4. The van der Waals surface area contributed by atoms with Crippen LogP contribution in [0.5, 0.6) is 0 Å². The Morgan fingerprint density at radius 1 is 1.47 bits per heavy atom. The van der Waals surface area contributed by atoms with Gasteiger partial charge in [-0.15, -0.1) is 0 Å². The van der Waals surface area contributed by atoms with E-state index in [4.69, 9.17) is 9.84 Å². The number of hydrogen-bond donors (Lipinski definition) is 2. The van der Waals surface area contributed by atoms with Gasteiger partial charge in [0.15, 0.2) is 0 Å². The molecular formula is C11H20N2O4. The minimum atomic E-state index is -0.999. The summed E-state index contributed by atoms with van der Waals surface area (Å²) in [5.41, 5.74) is 0. The van der Waals surface area contributed by atoms with Crippen molar-refractivity contribution in [2.75, 3.05) is 20.3 Å². The summed E-state index contributed by atoms with van der Waals surface area (Å²) < 4.78 is 5.22. The highest BCUT2D eigenvalue weighted by Crippen LogP contribution is 2.12. The fourth-order valence-corrected chi connectivity index (χ4v) is 1.83. The summed E-state index contributed by atoms with van der Waals surface area (Å²) in [4.78, 5) is 24.2. The van der Waals surface area contributed by atoms with Crippen LogP contribution < -0.4 is 5.32 Å². The molecular weight excluding hydrogens is 224 g/mol. The summed E-state index contributed by atoms with van der Waals surface area (Å²) >= 11 is 0. The van der Waals surface area contributed by atoms with Crippen molar-refractivity contribution in [3.63, 3.8) is 0 Å². The van der Waals surface area contributed by atoms with E-state index in [1.807, 2.05) is 0 Å². The van der Waals surface area contributed by atoms with Gasteiger partial charge in [0, 0.05) is 26.3 Å². The Balaban J connectivity index is 2.47. The van der Waals surface area contributed by atoms with Crippen LogP contribution in [0.1, 0.15) is 26.2 Å². The van der Waals surface area contributed by atoms with Crippen molar-refractivity contribution >= 4 is 12.0 Å². The smallest absolute Gasteiger partial charge is 0.326 e. The van der Waals surface area contributed by atoms with Gasteiger partial charge in [0.1, 0.15) is 6.04 Å². The van der Waals surface area contributed by atoms with Gasteiger partial charge < -0.3 is 20.1 Å². The van der Waals surface area contributed by atoms with Gasteiger partial charge in [-0.25, -0.2) is 9.59 Å². The average Bonchev–Trinajstić information content (AvgIpc) is 2.35. The first-order valence-electron chi connectivity index (χ1n) is 5.90. The maximum Gasteiger partial charge on any atom is 0.326 e. The molecule has 1 aliphatic heterocycles. The zero-order valence-corrected chi connectivity index (χ0v) is 10.3. The first-order valence-corrected chi connectivity index (χ1v) is 5.90. The predicted molar refractivity (Wildman–Crippen MR) is 61.9 cm³/mol. The average molecular weight is 244 g/mol. The summed E-state index contributed by atoms with van der Waals surface area (Å²) in [6.07, 6.45) is 1.98. The standard InChI is InChI=1S/C11H20N2O4/c1-3-9(10(14)15)12-11(16)13(2)8-4-6-17-7-5-8/h8-9H,3-7H2,1-2H3,(H,12,16)(H,14,15)/t9-/m0/s1. The molecule has 1 rings (SSSR count). The second kappa shape index (κ2) is 6.44. The Bertz CT molecular complexity index is 277. The molecule has 6 heteroatoms. The molecule has 0 aliphatic carbocycles. The monoisotopic (exact) mass is 244 g/mol. The quantitative estimate of drug-likeness (QED) is 0.762. The van der Waals surface area contributed by atoms with E-state index in [9.17, 15) is 9.59 Å². The van der Waals surface area contributed by atoms with Crippen LogP contribution in [0.2, 0.25) is 0 Å². The van der Waals surface area contributed by atoms with Crippen molar-refractivity contribution < 1.29 is 19.4 Å². The maximum absolute atomic E-state index is 11.8. The third-order valence-electron chi connectivity index (χ3n) is 3.06. The van der Waals surface area contributed by atoms with Crippen LogP contribution in [0, 0.1) is 0 Å². The molecule has 0 aromatic rings. The molecule has 0 saturated carbocycles. The van der Waals surface area contributed by atoms with E-state index in [0.29, 0.717) is 19.6 Å². The highest BCUT2D eigenvalue weighted by molar-refractivity contribution is 5.82. The highest BCUT2D eigenvalue weighted by atomic mass is 16.5. The first-order chi connectivity index (χ1) is 8.06. The lowest BCUT2D eigenvalue weighted by Crippen LogP contribution is -2.50. The highest BCUT2D eigenvalue weighted by Gasteiger charge is 2.25. The molecule has 2 amide bonds. The van der Waals surface area contributed by atoms with Gasteiger partial charge in [-0.2, -0.15) is 0 Å². The molecule has 6 nitrogen and oxygen atoms in total. The van der Waals surface area contributed by atoms with Gasteiger partial charge in [0.2, 0.25) is 0 Å². The lowest BCUT2D eigenvalue weighted by molar-refractivity contribution is -0.139. The molecule has 1 fully saturated rings. The maximum atomic E-state index is 11.8. The van der Waals surface area contributed by atoms with Gasteiger partial charge in [-0.3, -0.25) is 0 Å². The fourth-order valence-electron chi connectivity index (χ4n) is 1.83. The van der Waals surface area contributed by atoms with E-state index in [1.165, 1.54) is 0 Å². The van der Waals surface area contributed by atoms with Crippen molar-refractivity contribution in [3.8, 4) is 0 Å². The summed E-state index contributed by atoms with van der Waals surface area (Å²) in [7, 11) is 1.69. The molecule has 2 N–H and O–H groups in total. The summed E-state index contributed by atoms with van der Waals surface area (Å²) in [6, 6.07) is -1.01. The van der Waals surface area contributed by atoms with Crippen LogP contribution in [-0.4, -0.2) is 54.4 Å². The van der Waals surface area contributed by atoms with Crippen molar-refractivity contribution in [3.05, 3.63) is 0 Å². The lowest BCUT2D eigenvalue weighted by Gasteiger charge is -2.31. The molecule has 0 aromatic carbocycles. The van der Waals surface area contributed by atoms with Crippen LogP contribution in [0.25, 0.3) is 0 Å². The van der Waals surface area contributed by atoms with Crippen LogP contribution in [-0.2, 0) is 9.53 Å². The van der Waals surface area contributed by atoms with E-state index >= 15 is 0 Å². The minimum Gasteiger partial charge on any atom is -0.480 e. The number of aliphatic carboxylic acids is 1. The first kappa shape index (κ1) is 13.8. The van der Waals surface area contributed by atoms with E-state index in [2.05, 4.69) is 5.32 Å². The Morgan fingerprint density at radius 2 is 2.06 bits per heavy atom. The second-order valence-corrected chi connectivity index (χ2v) is 4.20. The van der Waals surface area contributed by atoms with E-state index in [0.717, 1.165) is 12.8 Å². The molecule has 0 radical (unpaired) electrons. The van der Waals surface area contributed by atoms with Crippen molar-refractivity contribution in [2.45, 2.75) is 38.3 Å². The van der Waals surface area contributed by atoms with E-state index < -0.39 is 12.0 Å². The molecule has 1 atom stereocenters. The number of carboxylic acids is 1. The van der Waals surface area contributed by atoms with Gasteiger partial charge in [0.05, 0.1) is 0 Å². The summed E-state index contributed by atoms with van der Waals surface area (Å²) in [5, 5.41) is 11.4. The number of nitrogens with zero attached hydrogens (tertiary/aromatic N) is 1. The number of carbonyl (C=O) groups excluding carboxylic acids is 1. The molecule has 0 aromatic heterocycles. The van der Waals surface area contributed by atoms with Crippen molar-refractivity contribution in [1.29, 1.82) is 0 Å². The van der Waals surface area contributed by atoms with E-state index in [-0.39, 0.29) is 12.1 Å². The number of nitrogens with one attached hydrogen (secondary N) is 1. The van der Waals surface area contributed by atoms with Crippen LogP contribution in [0.4, 0.5) is 4.79 Å². The molecule has 0 unspecified atom stereocenters.